The van der Waals surface area contributed by atoms with Gasteiger partial charge in [-0.05, 0) is 59.9 Å². The highest BCUT2D eigenvalue weighted by Gasteiger charge is 2.22. The van der Waals surface area contributed by atoms with Crippen molar-refractivity contribution < 1.29 is 28.3 Å². The Labute approximate surface area is 237 Å². The highest BCUT2D eigenvalue weighted by molar-refractivity contribution is 6.06. The molecule has 8 heteroatoms. The zero-order valence-electron chi connectivity index (χ0n) is 22.4. The summed E-state index contributed by atoms with van der Waals surface area (Å²) >= 11 is 0. The molecule has 0 spiro atoms. The third-order valence-corrected chi connectivity index (χ3v) is 6.69. The molecule has 0 saturated carbocycles. The van der Waals surface area contributed by atoms with Crippen molar-refractivity contribution in [2.45, 2.75) is 25.8 Å². The van der Waals surface area contributed by atoms with Crippen molar-refractivity contribution in [3.63, 3.8) is 0 Å². The first-order valence-electron chi connectivity index (χ1n) is 13.3. The van der Waals surface area contributed by atoms with Gasteiger partial charge in [0.2, 0.25) is 0 Å². The Morgan fingerprint density at radius 3 is 2.10 bits per heavy atom. The minimum atomic E-state index is -1.00. The van der Waals surface area contributed by atoms with E-state index in [1.54, 1.807) is 48.5 Å². The van der Waals surface area contributed by atoms with E-state index in [4.69, 9.17) is 0 Å². The van der Waals surface area contributed by atoms with Gasteiger partial charge in [-0.15, -0.1) is 0 Å². The lowest BCUT2D eigenvalue weighted by Crippen LogP contribution is -2.34. The number of carbonyl (C=O) groups excluding carboxylic acids is 2. The number of halogens is 2. The molecular formula is C33H30F2N2O4. The summed E-state index contributed by atoms with van der Waals surface area (Å²) in [6, 6.07) is 26.4. The number of hydrogen-bond donors (Lipinski definition) is 2. The van der Waals surface area contributed by atoms with Gasteiger partial charge in [0.1, 0.15) is 11.6 Å². The molecule has 0 radical (unpaired) electrons. The molecule has 0 atom stereocenters. The van der Waals surface area contributed by atoms with Crippen molar-refractivity contribution in [3.05, 3.63) is 131 Å². The van der Waals surface area contributed by atoms with Crippen LogP contribution in [0, 0.1) is 11.6 Å². The number of carboxylic acid groups (broad SMARTS) is 1. The Kier molecular flexibility index (Phi) is 9.94. The monoisotopic (exact) mass is 556 g/mol. The van der Waals surface area contributed by atoms with Crippen LogP contribution in [0.25, 0.3) is 11.1 Å². The number of nitrogens with zero attached hydrogens (tertiary/aromatic N) is 1. The second-order valence-corrected chi connectivity index (χ2v) is 9.53. The first kappa shape index (κ1) is 29.1. The van der Waals surface area contributed by atoms with Gasteiger partial charge in [0, 0.05) is 36.3 Å². The predicted octanol–water partition coefficient (Wildman–Crippen LogP) is 6.11. The average molecular weight is 557 g/mol. The highest BCUT2D eigenvalue weighted by atomic mass is 19.1. The second kappa shape index (κ2) is 14.0. The van der Waals surface area contributed by atoms with E-state index in [0.29, 0.717) is 29.7 Å². The zero-order valence-corrected chi connectivity index (χ0v) is 22.4. The van der Waals surface area contributed by atoms with Gasteiger partial charge in [0.25, 0.3) is 11.8 Å². The summed E-state index contributed by atoms with van der Waals surface area (Å²) in [5.41, 5.74) is 2.70. The van der Waals surface area contributed by atoms with Crippen LogP contribution in [0.1, 0.15) is 44.7 Å². The number of benzene rings is 4. The summed E-state index contributed by atoms with van der Waals surface area (Å²) in [6.07, 6.45) is 1.18. The second-order valence-electron chi connectivity index (χ2n) is 9.53. The van der Waals surface area contributed by atoms with E-state index < -0.39 is 23.5 Å². The van der Waals surface area contributed by atoms with Gasteiger partial charge in [-0.3, -0.25) is 14.4 Å². The minimum absolute atomic E-state index is 0.0102. The third-order valence-electron chi connectivity index (χ3n) is 6.69. The third kappa shape index (κ3) is 7.85. The minimum Gasteiger partial charge on any atom is -0.481 e. The molecule has 0 saturated heterocycles. The van der Waals surface area contributed by atoms with Crippen molar-refractivity contribution in [1.82, 2.24) is 10.2 Å². The van der Waals surface area contributed by atoms with Gasteiger partial charge in [-0.2, -0.15) is 0 Å². The number of hydrogen-bond acceptors (Lipinski definition) is 3. The molecule has 4 rings (SSSR count). The maximum Gasteiger partial charge on any atom is 0.305 e. The van der Waals surface area contributed by atoms with Crippen LogP contribution < -0.4 is 5.32 Å². The lowest BCUT2D eigenvalue weighted by molar-refractivity contribution is -0.137. The van der Waals surface area contributed by atoms with Gasteiger partial charge in [-0.25, -0.2) is 8.78 Å². The molecule has 0 aromatic heterocycles. The highest BCUT2D eigenvalue weighted by Crippen LogP contribution is 2.28. The molecule has 6 nitrogen and oxygen atoms in total. The van der Waals surface area contributed by atoms with Gasteiger partial charge < -0.3 is 15.3 Å². The van der Waals surface area contributed by atoms with E-state index in [-0.39, 0.29) is 36.5 Å². The van der Waals surface area contributed by atoms with E-state index in [1.165, 1.54) is 4.90 Å². The van der Waals surface area contributed by atoms with E-state index >= 15 is 0 Å². The zero-order chi connectivity index (χ0) is 29.2. The van der Waals surface area contributed by atoms with E-state index in [2.05, 4.69) is 5.32 Å². The quantitative estimate of drug-likeness (QED) is 0.220. The Morgan fingerprint density at radius 2 is 1.39 bits per heavy atom. The van der Waals surface area contributed by atoms with Crippen LogP contribution >= 0.6 is 0 Å². The van der Waals surface area contributed by atoms with Crippen LogP contribution in [0.2, 0.25) is 0 Å². The van der Waals surface area contributed by atoms with E-state index in [9.17, 15) is 28.3 Å². The van der Waals surface area contributed by atoms with Crippen molar-refractivity contribution in [3.8, 4) is 11.1 Å². The van der Waals surface area contributed by atoms with Crippen LogP contribution in [0.4, 0.5) is 8.78 Å². The Balaban J connectivity index is 1.58. The summed E-state index contributed by atoms with van der Waals surface area (Å²) in [5.74, 6) is -3.11. The smallest absolute Gasteiger partial charge is 0.305 e. The molecule has 0 aliphatic carbocycles. The number of nitrogens with one attached hydrogen (secondary N) is 1. The first-order chi connectivity index (χ1) is 19.8. The standard InChI is InChI=1S/C33H30F2N2O4/c34-25-16-17-30(35)24(21-25)22-36-32(40)28-14-6-4-12-26(28)27-13-5-7-15-29(27)33(41)37(20-18-31(38)39)19-8-11-23-9-2-1-3-10-23/h1-7,9-10,12-17,21H,8,11,18-20,22H2,(H,36,40)(H,38,39). The van der Waals surface area contributed by atoms with Gasteiger partial charge in [0.05, 0.1) is 6.42 Å². The van der Waals surface area contributed by atoms with Crippen molar-refractivity contribution >= 4 is 17.8 Å². The topological polar surface area (TPSA) is 86.7 Å². The molecule has 2 amide bonds. The molecule has 4 aromatic carbocycles. The predicted molar refractivity (Wildman–Crippen MR) is 152 cm³/mol. The summed E-state index contributed by atoms with van der Waals surface area (Å²) in [4.78, 5) is 39.9. The van der Waals surface area contributed by atoms with Crippen molar-refractivity contribution in [2.24, 2.45) is 0 Å². The summed E-state index contributed by atoms with van der Waals surface area (Å²) < 4.78 is 27.7. The molecule has 0 unspecified atom stereocenters. The Bertz CT molecular complexity index is 1520. The normalized spacial score (nSPS) is 10.7. The average Bonchev–Trinajstić information content (AvgIpc) is 2.99. The van der Waals surface area contributed by atoms with E-state index in [1.807, 2.05) is 30.3 Å². The number of aryl methyl sites for hydroxylation is 1. The maximum absolute atomic E-state index is 14.1. The summed E-state index contributed by atoms with van der Waals surface area (Å²) in [6.45, 7) is 0.178. The van der Waals surface area contributed by atoms with Crippen LogP contribution in [0.15, 0.2) is 97.1 Å². The lowest BCUT2D eigenvalue weighted by Gasteiger charge is -2.24. The fourth-order valence-electron chi connectivity index (χ4n) is 4.60. The molecule has 2 N–H and O–H groups in total. The molecule has 0 heterocycles. The fraction of sp³-hybridized carbons (Fsp3) is 0.182. The number of amides is 2. The molecular weight excluding hydrogens is 526 g/mol. The lowest BCUT2D eigenvalue weighted by atomic mass is 9.94. The Morgan fingerprint density at radius 1 is 0.756 bits per heavy atom. The van der Waals surface area contributed by atoms with E-state index in [0.717, 1.165) is 30.2 Å². The Hall–Kier alpha value is -4.85. The first-order valence-corrected chi connectivity index (χ1v) is 13.3. The van der Waals surface area contributed by atoms with Gasteiger partial charge in [0.15, 0.2) is 0 Å². The SMILES string of the molecule is O=C(O)CCN(CCCc1ccccc1)C(=O)c1ccccc1-c1ccccc1C(=O)NCc1cc(F)ccc1F. The van der Waals surface area contributed by atoms with Crippen molar-refractivity contribution in [2.75, 3.05) is 13.1 Å². The van der Waals surface area contributed by atoms with Crippen LogP contribution in [0.3, 0.4) is 0 Å². The molecule has 0 aliphatic heterocycles. The number of rotatable bonds is 12. The fourth-order valence-corrected chi connectivity index (χ4v) is 4.60. The summed E-state index contributed by atoms with van der Waals surface area (Å²) in [5, 5.41) is 11.9. The number of aliphatic carboxylic acids is 1. The number of carboxylic acids is 1. The molecule has 0 aliphatic rings. The maximum atomic E-state index is 14.1. The summed E-state index contributed by atoms with van der Waals surface area (Å²) in [7, 11) is 0. The molecule has 210 valence electrons. The molecule has 4 aromatic rings. The van der Waals surface area contributed by atoms with Crippen LogP contribution in [-0.4, -0.2) is 40.9 Å². The van der Waals surface area contributed by atoms with Gasteiger partial charge >= 0.3 is 5.97 Å². The largest absolute Gasteiger partial charge is 0.481 e. The molecule has 0 bridgehead atoms. The van der Waals surface area contributed by atoms with Crippen molar-refractivity contribution in [1.29, 1.82) is 0 Å². The van der Waals surface area contributed by atoms with Crippen LogP contribution in [-0.2, 0) is 17.8 Å². The van der Waals surface area contributed by atoms with Crippen LogP contribution in [0.5, 0.6) is 0 Å². The molecule has 41 heavy (non-hydrogen) atoms. The molecule has 0 fully saturated rings. The number of carbonyl (C=O) groups is 3. The van der Waals surface area contributed by atoms with Gasteiger partial charge in [-0.1, -0.05) is 66.7 Å².